The van der Waals surface area contributed by atoms with Crippen LogP contribution >= 0.6 is 0 Å². The Balaban J connectivity index is 1.91. The second-order valence-electron chi connectivity index (χ2n) is 3.98. The van der Waals surface area contributed by atoms with E-state index in [-0.39, 0.29) is 29.6 Å². The fourth-order valence-electron chi connectivity index (χ4n) is 1.83. The Labute approximate surface area is 92.0 Å². The molecule has 88 valence electrons. The zero-order chi connectivity index (χ0) is 11.5. The second-order valence-corrected chi connectivity index (χ2v) is 3.98. The number of hydrogen-bond donors (Lipinski definition) is 3. The molecule has 1 aliphatic carbocycles. The average Bonchev–Trinajstić information content (AvgIpc) is 2.68. The van der Waals surface area contributed by atoms with Crippen molar-refractivity contribution in [1.29, 1.82) is 0 Å². The van der Waals surface area contributed by atoms with E-state index in [4.69, 9.17) is 5.73 Å². The highest BCUT2D eigenvalue weighted by molar-refractivity contribution is 5.96. The number of nitrogens with two attached hydrogens (primary N) is 1. The second kappa shape index (κ2) is 4.48. The molecule has 0 aromatic carbocycles. The largest absolute Gasteiger partial charge is 0.393 e. The summed E-state index contributed by atoms with van der Waals surface area (Å²) in [5.74, 6) is -0.381. The standard InChI is InChI=1S/C9H14N4O3/c10-8-7(12-16-13-8)9(15)11-5-1-3-6(14)4-2-5/h5-6,14H,1-4H2,(H2,10,13)(H,11,15). The molecule has 0 unspecified atom stereocenters. The monoisotopic (exact) mass is 226 g/mol. The van der Waals surface area contributed by atoms with Crippen LogP contribution < -0.4 is 11.1 Å². The molecule has 0 aliphatic heterocycles. The van der Waals surface area contributed by atoms with Crippen molar-refractivity contribution >= 4 is 11.7 Å². The lowest BCUT2D eigenvalue weighted by atomic mass is 9.93. The van der Waals surface area contributed by atoms with Gasteiger partial charge in [0.1, 0.15) is 0 Å². The molecular formula is C9H14N4O3. The summed E-state index contributed by atoms with van der Waals surface area (Å²) in [6.07, 6.45) is 2.69. The van der Waals surface area contributed by atoms with E-state index >= 15 is 0 Å². The van der Waals surface area contributed by atoms with Crippen LogP contribution in [0.2, 0.25) is 0 Å². The number of nitrogen functional groups attached to an aromatic ring is 1. The van der Waals surface area contributed by atoms with E-state index in [2.05, 4.69) is 20.3 Å². The topological polar surface area (TPSA) is 114 Å². The van der Waals surface area contributed by atoms with Gasteiger partial charge >= 0.3 is 0 Å². The summed E-state index contributed by atoms with van der Waals surface area (Å²) >= 11 is 0. The maximum absolute atomic E-state index is 11.7. The van der Waals surface area contributed by atoms with Crippen LogP contribution in [-0.2, 0) is 0 Å². The number of nitrogens with one attached hydrogen (secondary N) is 1. The molecule has 0 saturated heterocycles. The first-order valence-corrected chi connectivity index (χ1v) is 5.24. The fraction of sp³-hybridized carbons (Fsp3) is 0.667. The molecule has 0 radical (unpaired) electrons. The van der Waals surface area contributed by atoms with Gasteiger partial charge in [0, 0.05) is 6.04 Å². The van der Waals surface area contributed by atoms with Gasteiger partial charge in [0.25, 0.3) is 5.91 Å². The van der Waals surface area contributed by atoms with E-state index in [0.717, 1.165) is 12.8 Å². The zero-order valence-corrected chi connectivity index (χ0v) is 8.72. The molecule has 1 fully saturated rings. The van der Waals surface area contributed by atoms with Gasteiger partial charge in [-0.15, -0.1) is 0 Å². The van der Waals surface area contributed by atoms with Crippen LogP contribution in [-0.4, -0.2) is 33.5 Å². The number of aromatic nitrogens is 2. The molecule has 1 aliphatic rings. The summed E-state index contributed by atoms with van der Waals surface area (Å²) in [6, 6.07) is 0.0620. The molecule has 1 heterocycles. The van der Waals surface area contributed by atoms with Crippen LogP contribution in [0.4, 0.5) is 5.82 Å². The third-order valence-electron chi connectivity index (χ3n) is 2.76. The minimum atomic E-state index is -0.375. The van der Waals surface area contributed by atoms with Crippen molar-refractivity contribution in [3.63, 3.8) is 0 Å². The van der Waals surface area contributed by atoms with E-state index in [1.54, 1.807) is 0 Å². The molecule has 0 atom stereocenters. The Kier molecular flexibility index (Phi) is 3.04. The fourth-order valence-corrected chi connectivity index (χ4v) is 1.83. The molecule has 16 heavy (non-hydrogen) atoms. The maximum atomic E-state index is 11.7. The number of nitrogens with zero attached hydrogens (tertiary/aromatic N) is 2. The first-order chi connectivity index (χ1) is 7.66. The first kappa shape index (κ1) is 10.9. The van der Waals surface area contributed by atoms with E-state index < -0.39 is 0 Å². The molecule has 0 bridgehead atoms. The van der Waals surface area contributed by atoms with Crippen molar-refractivity contribution in [3.8, 4) is 0 Å². The molecule has 1 aromatic rings. The molecule has 7 nitrogen and oxygen atoms in total. The number of hydrogen-bond acceptors (Lipinski definition) is 6. The van der Waals surface area contributed by atoms with Crippen molar-refractivity contribution in [2.45, 2.75) is 37.8 Å². The van der Waals surface area contributed by atoms with Gasteiger partial charge in [-0.2, -0.15) is 0 Å². The summed E-state index contributed by atoms with van der Waals surface area (Å²) in [5.41, 5.74) is 5.42. The van der Waals surface area contributed by atoms with Crippen molar-refractivity contribution in [3.05, 3.63) is 5.69 Å². The summed E-state index contributed by atoms with van der Waals surface area (Å²) in [6.45, 7) is 0. The lowest BCUT2D eigenvalue weighted by Crippen LogP contribution is -2.38. The van der Waals surface area contributed by atoms with Crippen LogP contribution in [0.3, 0.4) is 0 Å². The predicted molar refractivity (Wildman–Crippen MR) is 54.4 cm³/mol. The van der Waals surface area contributed by atoms with Gasteiger partial charge in [0.2, 0.25) is 11.5 Å². The van der Waals surface area contributed by atoms with Gasteiger partial charge in [0.05, 0.1) is 6.10 Å². The number of aliphatic hydroxyl groups excluding tert-OH is 1. The van der Waals surface area contributed by atoms with E-state index in [9.17, 15) is 9.90 Å². The lowest BCUT2D eigenvalue weighted by molar-refractivity contribution is 0.0859. The van der Waals surface area contributed by atoms with Gasteiger partial charge < -0.3 is 16.2 Å². The molecule has 4 N–H and O–H groups in total. The summed E-state index contributed by atoms with van der Waals surface area (Å²) in [5, 5.41) is 18.9. The quantitative estimate of drug-likeness (QED) is 0.637. The van der Waals surface area contributed by atoms with Crippen LogP contribution in [0.25, 0.3) is 0 Å². The van der Waals surface area contributed by atoms with Crippen molar-refractivity contribution in [2.75, 3.05) is 5.73 Å². The molecule has 2 rings (SSSR count). The normalized spacial score (nSPS) is 25.3. The Morgan fingerprint density at radius 1 is 1.38 bits per heavy atom. The molecule has 7 heteroatoms. The van der Waals surface area contributed by atoms with E-state index in [0.29, 0.717) is 12.8 Å². The minimum absolute atomic E-state index is 0.00616. The van der Waals surface area contributed by atoms with Crippen LogP contribution in [0.15, 0.2) is 4.63 Å². The highest BCUT2D eigenvalue weighted by atomic mass is 16.6. The number of carbonyl (C=O) groups is 1. The highest BCUT2D eigenvalue weighted by Crippen LogP contribution is 2.18. The van der Waals surface area contributed by atoms with Crippen LogP contribution in [0, 0.1) is 0 Å². The Morgan fingerprint density at radius 2 is 2.06 bits per heavy atom. The number of amides is 1. The summed E-state index contributed by atoms with van der Waals surface area (Å²) in [7, 11) is 0. The first-order valence-electron chi connectivity index (χ1n) is 5.24. The highest BCUT2D eigenvalue weighted by Gasteiger charge is 2.23. The Morgan fingerprint density at radius 3 is 2.62 bits per heavy atom. The summed E-state index contributed by atoms with van der Waals surface area (Å²) < 4.78 is 4.35. The van der Waals surface area contributed by atoms with E-state index in [1.807, 2.05) is 0 Å². The SMILES string of the molecule is Nc1nonc1C(=O)NC1CCC(O)CC1. The smallest absolute Gasteiger partial charge is 0.277 e. The van der Waals surface area contributed by atoms with Crippen LogP contribution in [0.5, 0.6) is 0 Å². The predicted octanol–water partition coefficient (Wildman–Crippen LogP) is -0.315. The van der Waals surface area contributed by atoms with E-state index in [1.165, 1.54) is 0 Å². The molecular weight excluding hydrogens is 212 g/mol. The lowest BCUT2D eigenvalue weighted by Gasteiger charge is -2.25. The van der Waals surface area contributed by atoms with Crippen LogP contribution in [0.1, 0.15) is 36.2 Å². The maximum Gasteiger partial charge on any atom is 0.277 e. The van der Waals surface area contributed by atoms with Gasteiger partial charge in [-0.1, -0.05) is 0 Å². The number of rotatable bonds is 2. The van der Waals surface area contributed by atoms with Crippen molar-refractivity contribution in [2.24, 2.45) is 0 Å². The van der Waals surface area contributed by atoms with Crippen molar-refractivity contribution in [1.82, 2.24) is 15.6 Å². The Hall–Kier alpha value is -1.63. The number of aliphatic hydroxyl groups is 1. The average molecular weight is 226 g/mol. The Bertz CT molecular complexity index is 371. The molecule has 1 amide bonds. The molecule has 1 saturated carbocycles. The molecule has 1 aromatic heterocycles. The third-order valence-corrected chi connectivity index (χ3v) is 2.76. The molecule has 0 spiro atoms. The zero-order valence-electron chi connectivity index (χ0n) is 8.72. The number of carbonyl (C=O) groups excluding carboxylic acids is 1. The van der Waals surface area contributed by atoms with Gasteiger partial charge in [-0.3, -0.25) is 4.79 Å². The van der Waals surface area contributed by atoms with Crippen molar-refractivity contribution < 1.29 is 14.5 Å². The number of anilines is 1. The van der Waals surface area contributed by atoms with Gasteiger partial charge in [-0.25, -0.2) is 4.63 Å². The van der Waals surface area contributed by atoms with Gasteiger partial charge in [-0.05, 0) is 36.0 Å². The van der Waals surface area contributed by atoms with Gasteiger partial charge in [0.15, 0.2) is 0 Å². The third kappa shape index (κ3) is 2.30. The minimum Gasteiger partial charge on any atom is -0.393 e. The summed E-state index contributed by atoms with van der Waals surface area (Å²) in [4.78, 5) is 11.7.